The van der Waals surface area contributed by atoms with Gasteiger partial charge in [-0.1, -0.05) is 0 Å². The monoisotopic (exact) mass is 151 g/mol. The first-order chi connectivity index (χ1) is 5.24. The topological polar surface area (TPSA) is 29.0 Å². The summed E-state index contributed by atoms with van der Waals surface area (Å²) < 4.78 is 0. The lowest BCUT2D eigenvalue weighted by Crippen LogP contribution is -2.17. The van der Waals surface area contributed by atoms with Crippen molar-refractivity contribution in [3.8, 4) is 0 Å². The molecule has 0 aromatic carbocycles. The lowest BCUT2D eigenvalue weighted by atomic mass is 10.5. The van der Waals surface area contributed by atoms with Crippen LogP contribution in [0.15, 0.2) is 12.4 Å². The van der Waals surface area contributed by atoms with Crippen LogP contribution in [0.2, 0.25) is 0 Å². The highest BCUT2D eigenvalue weighted by molar-refractivity contribution is 5.34. The molecule has 0 atom stereocenters. The molecule has 0 bridgehead atoms. The Morgan fingerprint density at radius 3 is 2.73 bits per heavy atom. The zero-order valence-corrected chi connectivity index (χ0v) is 7.20. The number of hydrogen-bond acceptors (Lipinski definition) is 3. The number of rotatable bonds is 2. The van der Waals surface area contributed by atoms with E-state index in [0.717, 1.165) is 18.1 Å². The fourth-order valence-corrected chi connectivity index (χ4v) is 0.796. The van der Waals surface area contributed by atoms with E-state index in [4.69, 9.17) is 0 Å². The Kier molecular flexibility index (Phi) is 2.41. The minimum Gasteiger partial charge on any atom is -0.359 e. The second-order valence-corrected chi connectivity index (χ2v) is 2.53. The smallest absolute Gasteiger partial charge is 0.147 e. The van der Waals surface area contributed by atoms with Crippen molar-refractivity contribution in [3.63, 3.8) is 0 Å². The SMILES string of the molecule is CCN(C)c1cncc(C)n1. The summed E-state index contributed by atoms with van der Waals surface area (Å²) in [5, 5.41) is 0. The van der Waals surface area contributed by atoms with E-state index in [-0.39, 0.29) is 0 Å². The van der Waals surface area contributed by atoms with E-state index in [9.17, 15) is 0 Å². The summed E-state index contributed by atoms with van der Waals surface area (Å²) in [6.45, 7) is 4.99. The van der Waals surface area contributed by atoms with Gasteiger partial charge in [0.25, 0.3) is 0 Å². The van der Waals surface area contributed by atoms with Crippen LogP contribution in [0.4, 0.5) is 5.82 Å². The van der Waals surface area contributed by atoms with Crippen LogP contribution in [0.5, 0.6) is 0 Å². The van der Waals surface area contributed by atoms with Crippen LogP contribution in [-0.2, 0) is 0 Å². The van der Waals surface area contributed by atoms with Crippen molar-refractivity contribution in [3.05, 3.63) is 18.1 Å². The normalized spacial score (nSPS) is 9.73. The molecule has 3 heteroatoms. The average Bonchev–Trinajstić information content (AvgIpc) is 2.03. The second kappa shape index (κ2) is 3.32. The van der Waals surface area contributed by atoms with E-state index >= 15 is 0 Å². The van der Waals surface area contributed by atoms with Gasteiger partial charge in [-0.25, -0.2) is 4.98 Å². The van der Waals surface area contributed by atoms with Crippen LogP contribution in [0.1, 0.15) is 12.6 Å². The number of aryl methyl sites for hydroxylation is 1. The largest absolute Gasteiger partial charge is 0.359 e. The molecule has 0 unspecified atom stereocenters. The Morgan fingerprint density at radius 2 is 2.18 bits per heavy atom. The molecule has 0 fully saturated rings. The molecule has 60 valence electrons. The van der Waals surface area contributed by atoms with E-state index in [1.165, 1.54) is 0 Å². The van der Waals surface area contributed by atoms with Gasteiger partial charge in [-0.3, -0.25) is 4.98 Å². The van der Waals surface area contributed by atoms with Crippen LogP contribution in [-0.4, -0.2) is 23.6 Å². The molecule has 0 N–H and O–H groups in total. The van der Waals surface area contributed by atoms with Gasteiger partial charge in [0.05, 0.1) is 11.9 Å². The zero-order chi connectivity index (χ0) is 8.27. The Bertz CT molecular complexity index is 235. The maximum absolute atomic E-state index is 4.31. The van der Waals surface area contributed by atoms with E-state index in [2.05, 4.69) is 21.8 Å². The van der Waals surface area contributed by atoms with Crippen LogP contribution in [0.25, 0.3) is 0 Å². The molecular formula is C8H13N3. The lowest BCUT2D eigenvalue weighted by molar-refractivity contribution is 0.918. The molecule has 1 rings (SSSR count). The number of hydrogen-bond donors (Lipinski definition) is 0. The van der Waals surface area contributed by atoms with Crippen molar-refractivity contribution in [1.29, 1.82) is 0 Å². The fraction of sp³-hybridized carbons (Fsp3) is 0.500. The zero-order valence-electron chi connectivity index (χ0n) is 7.20. The van der Waals surface area contributed by atoms with Gasteiger partial charge in [-0.15, -0.1) is 0 Å². The fourth-order valence-electron chi connectivity index (χ4n) is 0.796. The number of nitrogens with zero attached hydrogens (tertiary/aromatic N) is 3. The predicted molar refractivity (Wildman–Crippen MR) is 45.7 cm³/mol. The molecule has 11 heavy (non-hydrogen) atoms. The molecule has 1 heterocycles. The first kappa shape index (κ1) is 7.98. The number of aromatic nitrogens is 2. The van der Waals surface area contributed by atoms with Crippen LogP contribution in [0, 0.1) is 6.92 Å². The van der Waals surface area contributed by atoms with Gasteiger partial charge in [0.15, 0.2) is 0 Å². The molecule has 0 saturated heterocycles. The third-order valence-corrected chi connectivity index (χ3v) is 1.61. The van der Waals surface area contributed by atoms with Gasteiger partial charge in [0.1, 0.15) is 5.82 Å². The summed E-state index contributed by atoms with van der Waals surface area (Å²) in [6.07, 6.45) is 3.53. The minimum atomic E-state index is 0.938. The summed E-state index contributed by atoms with van der Waals surface area (Å²) in [5.74, 6) is 0.938. The highest BCUT2D eigenvalue weighted by Gasteiger charge is 1.98. The van der Waals surface area contributed by atoms with Gasteiger partial charge in [-0.05, 0) is 13.8 Å². The molecule has 0 radical (unpaired) electrons. The van der Waals surface area contributed by atoms with Crippen molar-refractivity contribution in [2.75, 3.05) is 18.5 Å². The molecular weight excluding hydrogens is 138 g/mol. The molecule has 0 spiro atoms. The Hall–Kier alpha value is -1.12. The van der Waals surface area contributed by atoms with Crippen LogP contribution < -0.4 is 4.90 Å². The highest BCUT2D eigenvalue weighted by Crippen LogP contribution is 2.05. The van der Waals surface area contributed by atoms with Crippen molar-refractivity contribution >= 4 is 5.82 Å². The quantitative estimate of drug-likeness (QED) is 0.636. The van der Waals surface area contributed by atoms with Crippen molar-refractivity contribution in [2.24, 2.45) is 0 Å². The van der Waals surface area contributed by atoms with Gasteiger partial charge < -0.3 is 4.90 Å². The molecule has 1 aromatic rings. The Labute approximate surface area is 67.1 Å². The molecule has 0 aliphatic carbocycles. The number of anilines is 1. The lowest BCUT2D eigenvalue weighted by Gasteiger charge is -2.14. The van der Waals surface area contributed by atoms with Crippen LogP contribution >= 0.6 is 0 Å². The molecule has 0 amide bonds. The van der Waals surface area contributed by atoms with E-state index in [1.54, 1.807) is 12.4 Å². The predicted octanol–water partition coefficient (Wildman–Crippen LogP) is 1.24. The van der Waals surface area contributed by atoms with Crippen molar-refractivity contribution in [2.45, 2.75) is 13.8 Å². The molecule has 0 saturated carbocycles. The maximum Gasteiger partial charge on any atom is 0.147 e. The second-order valence-electron chi connectivity index (χ2n) is 2.53. The molecule has 0 aliphatic rings. The summed E-state index contributed by atoms with van der Waals surface area (Å²) in [6, 6.07) is 0. The standard InChI is InChI=1S/C8H13N3/c1-4-11(3)8-6-9-5-7(2)10-8/h5-6H,4H2,1-3H3. The van der Waals surface area contributed by atoms with Crippen molar-refractivity contribution < 1.29 is 0 Å². The maximum atomic E-state index is 4.31. The molecule has 0 aliphatic heterocycles. The third-order valence-electron chi connectivity index (χ3n) is 1.61. The van der Waals surface area contributed by atoms with Gasteiger partial charge in [0.2, 0.25) is 0 Å². The first-order valence-corrected chi connectivity index (χ1v) is 3.74. The summed E-state index contributed by atoms with van der Waals surface area (Å²) >= 11 is 0. The highest BCUT2D eigenvalue weighted by atomic mass is 15.2. The van der Waals surface area contributed by atoms with Gasteiger partial charge in [0, 0.05) is 19.8 Å². The minimum absolute atomic E-state index is 0.938. The van der Waals surface area contributed by atoms with Gasteiger partial charge >= 0.3 is 0 Å². The van der Waals surface area contributed by atoms with E-state index in [0.29, 0.717) is 0 Å². The Balaban J connectivity index is 2.86. The molecule has 1 aromatic heterocycles. The first-order valence-electron chi connectivity index (χ1n) is 3.74. The van der Waals surface area contributed by atoms with Crippen molar-refractivity contribution in [1.82, 2.24) is 9.97 Å². The summed E-state index contributed by atoms with van der Waals surface area (Å²) in [4.78, 5) is 10.4. The average molecular weight is 151 g/mol. The van der Waals surface area contributed by atoms with E-state index < -0.39 is 0 Å². The molecule has 3 nitrogen and oxygen atoms in total. The van der Waals surface area contributed by atoms with E-state index in [1.807, 2.05) is 14.0 Å². The Morgan fingerprint density at radius 1 is 1.45 bits per heavy atom. The summed E-state index contributed by atoms with van der Waals surface area (Å²) in [5.41, 5.74) is 0.961. The third kappa shape index (κ3) is 1.90. The van der Waals surface area contributed by atoms with Crippen LogP contribution in [0.3, 0.4) is 0 Å². The van der Waals surface area contributed by atoms with Gasteiger partial charge in [-0.2, -0.15) is 0 Å². The summed E-state index contributed by atoms with van der Waals surface area (Å²) in [7, 11) is 2.00.